The summed E-state index contributed by atoms with van der Waals surface area (Å²) in [7, 11) is 0. The monoisotopic (exact) mass is 653 g/mol. The summed E-state index contributed by atoms with van der Waals surface area (Å²) >= 11 is 0. The molecule has 2 heterocycles. The van der Waals surface area contributed by atoms with E-state index < -0.39 is 6.17 Å². The zero-order chi connectivity index (χ0) is 33.7. The van der Waals surface area contributed by atoms with E-state index in [0.717, 1.165) is 72.4 Å². The van der Waals surface area contributed by atoms with Crippen molar-refractivity contribution in [3.63, 3.8) is 0 Å². The quantitative estimate of drug-likeness (QED) is 0.201. The molecule has 4 heteroatoms. The van der Waals surface area contributed by atoms with Crippen LogP contribution < -0.4 is 5.32 Å². The molecule has 240 valence electrons. The molecule has 0 amide bonds. The summed E-state index contributed by atoms with van der Waals surface area (Å²) in [6.45, 7) is 0. The molecule has 1 N–H and O–H groups in total. The fourth-order valence-electron chi connectivity index (χ4n) is 7.34. The maximum atomic E-state index is 6.70. The van der Waals surface area contributed by atoms with Crippen molar-refractivity contribution >= 4 is 55.2 Å². The Balaban J connectivity index is 1.13. The van der Waals surface area contributed by atoms with Gasteiger partial charge in [0.05, 0.1) is 0 Å². The van der Waals surface area contributed by atoms with Gasteiger partial charge in [-0.3, -0.25) is 0 Å². The molecule has 1 aromatic heterocycles. The van der Waals surface area contributed by atoms with Crippen LogP contribution in [0.15, 0.2) is 190 Å². The molecule has 1 atom stereocenters. The lowest BCUT2D eigenvalue weighted by Gasteiger charge is -2.23. The first-order chi connectivity index (χ1) is 25.2. The van der Waals surface area contributed by atoms with Gasteiger partial charge in [-0.05, 0) is 56.4 Å². The molecule has 0 bridgehead atoms. The van der Waals surface area contributed by atoms with Crippen LogP contribution in [0.5, 0.6) is 0 Å². The van der Waals surface area contributed by atoms with Gasteiger partial charge in [0.15, 0.2) is 6.17 Å². The summed E-state index contributed by atoms with van der Waals surface area (Å²) in [5.41, 5.74) is 9.22. The standard InChI is InChI=1S/C47H31N3O/c1-2-10-30(11-3-1)33-20-24-34(25-21-33)45-48-46(38-27-23-32-13-5-7-15-36(32)29-38)50-47(49-45)41-18-9-19-42-43(41)40-17-8-16-39(44(40)51-42)37-26-22-31-12-4-6-14-35(31)28-37/h1-29,47H,(H,48,49,50). The first kappa shape index (κ1) is 29.2. The highest BCUT2D eigenvalue weighted by atomic mass is 16.3. The molecule has 51 heavy (non-hydrogen) atoms. The Morgan fingerprint density at radius 3 is 1.75 bits per heavy atom. The predicted octanol–water partition coefficient (Wildman–Crippen LogP) is 11.7. The maximum Gasteiger partial charge on any atom is 0.170 e. The molecule has 0 saturated heterocycles. The number of hydrogen-bond donors (Lipinski definition) is 1. The van der Waals surface area contributed by atoms with Gasteiger partial charge in [0, 0.05) is 33.0 Å². The van der Waals surface area contributed by atoms with Gasteiger partial charge in [-0.15, -0.1) is 0 Å². The average Bonchev–Trinajstić information content (AvgIpc) is 3.60. The molecule has 0 radical (unpaired) electrons. The van der Waals surface area contributed by atoms with E-state index in [9.17, 15) is 0 Å². The number of nitrogens with zero attached hydrogens (tertiary/aromatic N) is 2. The van der Waals surface area contributed by atoms with Gasteiger partial charge in [0.1, 0.15) is 22.8 Å². The van der Waals surface area contributed by atoms with Crippen LogP contribution in [0.2, 0.25) is 0 Å². The summed E-state index contributed by atoms with van der Waals surface area (Å²) in [4.78, 5) is 10.6. The van der Waals surface area contributed by atoms with Crippen molar-refractivity contribution in [2.75, 3.05) is 0 Å². The lowest BCUT2D eigenvalue weighted by atomic mass is 9.98. The molecular weight excluding hydrogens is 623 g/mol. The fourth-order valence-corrected chi connectivity index (χ4v) is 7.34. The highest BCUT2D eigenvalue weighted by Gasteiger charge is 2.25. The third-order valence-electron chi connectivity index (χ3n) is 9.92. The maximum absolute atomic E-state index is 6.70. The number of hydrogen-bond acceptors (Lipinski definition) is 4. The minimum absolute atomic E-state index is 0.495. The van der Waals surface area contributed by atoms with Crippen LogP contribution in [0, 0.1) is 0 Å². The smallest absolute Gasteiger partial charge is 0.170 e. The molecule has 1 unspecified atom stereocenters. The normalized spacial score (nSPS) is 14.5. The zero-order valence-electron chi connectivity index (χ0n) is 27.6. The number of benzene rings is 8. The van der Waals surface area contributed by atoms with E-state index in [2.05, 4.69) is 163 Å². The fraction of sp³-hybridized carbons (Fsp3) is 0.0213. The number of para-hydroxylation sites is 1. The summed E-state index contributed by atoms with van der Waals surface area (Å²) in [5, 5.41) is 10.5. The molecule has 10 rings (SSSR count). The predicted molar refractivity (Wildman–Crippen MR) is 211 cm³/mol. The van der Waals surface area contributed by atoms with Gasteiger partial charge >= 0.3 is 0 Å². The van der Waals surface area contributed by atoms with E-state index in [4.69, 9.17) is 14.4 Å². The zero-order valence-corrected chi connectivity index (χ0v) is 27.6. The topological polar surface area (TPSA) is 49.9 Å². The Labute approximate surface area is 295 Å². The largest absolute Gasteiger partial charge is 0.455 e. The summed E-state index contributed by atoms with van der Waals surface area (Å²) in [5.74, 6) is 1.56. The Kier molecular flexibility index (Phi) is 6.85. The first-order valence-electron chi connectivity index (χ1n) is 17.3. The minimum Gasteiger partial charge on any atom is -0.455 e. The summed E-state index contributed by atoms with van der Waals surface area (Å²) in [6.07, 6.45) is -0.495. The molecule has 0 fully saturated rings. The van der Waals surface area contributed by atoms with Crippen molar-refractivity contribution in [2.24, 2.45) is 9.98 Å². The summed E-state index contributed by atoms with van der Waals surface area (Å²) < 4.78 is 6.70. The Bertz CT molecular complexity index is 2830. The van der Waals surface area contributed by atoms with Gasteiger partial charge in [-0.25, -0.2) is 9.98 Å². The number of rotatable bonds is 5. The SMILES string of the molecule is c1ccc(-c2ccc(C3=NC(c4cccc5oc6c(-c7ccc8ccccc8c7)cccc6c45)N=C(c4ccc5ccccc5c4)N3)cc2)cc1. The molecule has 0 spiro atoms. The van der Waals surface area contributed by atoms with Crippen LogP contribution >= 0.6 is 0 Å². The van der Waals surface area contributed by atoms with Gasteiger partial charge in [-0.2, -0.15) is 0 Å². The average molecular weight is 654 g/mol. The van der Waals surface area contributed by atoms with Gasteiger partial charge in [-0.1, -0.05) is 158 Å². The molecule has 4 nitrogen and oxygen atoms in total. The lowest BCUT2D eigenvalue weighted by molar-refractivity contribution is 0.668. The van der Waals surface area contributed by atoms with E-state index in [0.29, 0.717) is 0 Å². The molecule has 1 aliphatic rings. The number of amidine groups is 2. The van der Waals surface area contributed by atoms with E-state index >= 15 is 0 Å². The Morgan fingerprint density at radius 1 is 0.431 bits per heavy atom. The van der Waals surface area contributed by atoms with Crippen LogP contribution in [-0.4, -0.2) is 11.7 Å². The van der Waals surface area contributed by atoms with Gasteiger partial charge < -0.3 is 9.73 Å². The second-order valence-corrected chi connectivity index (χ2v) is 13.0. The lowest BCUT2D eigenvalue weighted by Crippen LogP contribution is -2.36. The molecule has 9 aromatic rings. The third kappa shape index (κ3) is 5.17. The van der Waals surface area contributed by atoms with Crippen molar-refractivity contribution in [1.82, 2.24) is 5.32 Å². The van der Waals surface area contributed by atoms with Crippen molar-refractivity contribution in [3.8, 4) is 22.3 Å². The number of aliphatic imine (C=N–C) groups is 2. The molecular formula is C47H31N3O. The van der Waals surface area contributed by atoms with Gasteiger partial charge in [0.2, 0.25) is 0 Å². The summed E-state index contributed by atoms with van der Waals surface area (Å²) in [6, 6.07) is 61.6. The number of fused-ring (bicyclic) bond motifs is 5. The van der Waals surface area contributed by atoms with Crippen molar-refractivity contribution in [1.29, 1.82) is 0 Å². The van der Waals surface area contributed by atoms with Crippen LogP contribution in [0.3, 0.4) is 0 Å². The van der Waals surface area contributed by atoms with Crippen LogP contribution in [-0.2, 0) is 0 Å². The Morgan fingerprint density at radius 2 is 1.00 bits per heavy atom. The van der Waals surface area contributed by atoms with Crippen molar-refractivity contribution in [2.45, 2.75) is 6.17 Å². The highest BCUT2D eigenvalue weighted by molar-refractivity contribution is 6.17. The minimum atomic E-state index is -0.495. The van der Waals surface area contributed by atoms with Crippen LogP contribution in [0.4, 0.5) is 0 Å². The van der Waals surface area contributed by atoms with Crippen LogP contribution in [0.1, 0.15) is 22.9 Å². The molecule has 8 aromatic carbocycles. The van der Waals surface area contributed by atoms with E-state index in [-0.39, 0.29) is 0 Å². The molecule has 0 saturated carbocycles. The van der Waals surface area contributed by atoms with E-state index in [1.807, 2.05) is 18.2 Å². The second kappa shape index (κ2) is 12.0. The van der Waals surface area contributed by atoms with Crippen LogP contribution in [0.25, 0.3) is 65.7 Å². The van der Waals surface area contributed by atoms with Crippen molar-refractivity contribution < 1.29 is 4.42 Å². The Hall–Kier alpha value is -6.78. The molecule has 1 aliphatic heterocycles. The number of nitrogens with one attached hydrogen (secondary N) is 1. The number of furan rings is 1. The second-order valence-electron chi connectivity index (χ2n) is 13.0. The van der Waals surface area contributed by atoms with Crippen molar-refractivity contribution in [3.05, 3.63) is 193 Å². The van der Waals surface area contributed by atoms with Gasteiger partial charge in [0.25, 0.3) is 0 Å². The highest BCUT2D eigenvalue weighted by Crippen LogP contribution is 2.41. The van der Waals surface area contributed by atoms with E-state index in [1.54, 1.807) is 0 Å². The third-order valence-corrected chi connectivity index (χ3v) is 9.92. The molecule has 0 aliphatic carbocycles. The first-order valence-corrected chi connectivity index (χ1v) is 17.3. The van der Waals surface area contributed by atoms with E-state index in [1.165, 1.54) is 21.7 Å².